The zero-order chi connectivity index (χ0) is 12.1. The molecule has 0 amide bonds. The van der Waals surface area contributed by atoms with Crippen molar-refractivity contribution in [2.24, 2.45) is 0 Å². The Bertz CT molecular complexity index is 364. The zero-order valence-corrected chi connectivity index (χ0v) is 11.4. The molecule has 17 heavy (non-hydrogen) atoms. The molecule has 2 nitrogen and oxygen atoms in total. The lowest BCUT2D eigenvalue weighted by Crippen LogP contribution is -2.30. The summed E-state index contributed by atoms with van der Waals surface area (Å²) < 4.78 is 0. The minimum atomic E-state index is 0.302. The van der Waals surface area contributed by atoms with Crippen LogP contribution in [0, 0.1) is 0 Å². The molecule has 1 aliphatic heterocycles. The quantitative estimate of drug-likeness (QED) is 0.765. The van der Waals surface area contributed by atoms with E-state index in [1.165, 1.54) is 30.6 Å². The molecule has 1 fully saturated rings. The van der Waals surface area contributed by atoms with Crippen LogP contribution < -0.4 is 0 Å². The van der Waals surface area contributed by atoms with Crippen LogP contribution in [0.4, 0.5) is 0 Å². The highest BCUT2D eigenvalue weighted by Gasteiger charge is 2.15. The third kappa shape index (κ3) is 3.65. The van der Waals surface area contributed by atoms with Gasteiger partial charge in [0, 0.05) is 4.88 Å². The normalized spacial score (nSPS) is 17.9. The smallest absolute Gasteiger partial charge is 0.186 e. The van der Waals surface area contributed by atoms with Gasteiger partial charge >= 0.3 is 0 Å². The van der Waals surface area contributed by atoms with Gasteiger partial charge in [-0.05, 0) is 44.5 Å². The summed E-state index contributed by atoms with van der Waals surface area (Å²) in [4.78, 5) is 16.7. The van der Waals surface area contributed by atoms with Crippen LogP contribution in [0.5, 0.6) is 0 Å². The van der Waals surface area contributed by atoms with Gasteiger partial charge in [0.1, 0.15) is 0 Å². The lowest BCUT2D eigenvalue weighted by atomic mass is 10.2. The second kappa shape index (κ2) is 6.31. The molecule has 0 unspecified atom stereocenters. The topological polar surface area (TPSA) is 20.3 Å². The minimum absolute atomic E-state index is 0.302. The number of likely N-dealkylation sites (tertiary alicyclic amines) is 1. The fourth-order valence-electron chi connectivity index (χ4n) is 2.29. The first-order chi connectivity index (χ1) is 8.29. The molecule has 2 heterocycles. The van der Waals surface area contributed by atoms with Crippen molar-refractivity contribution in [1.29, 1.82) is 0 Å². The van der Waals surface area contributed by atoms with E-state index in [1.807, 2.05) is 6.07 Å². The van der Waals surface area contributed by atoms with Gasteiger partial charge in [0.05, 0.1) is 11.4 Å². The molecule has 0 N–H and O–H groups in total. The summed E-state index contributed by atoms with van der Waals surface area (Å²) >= 11 is 1.66. The first-order valence-corrected chi connectivity index (χ1v) is 7.45. The van der Waals surface area contributed by atoms with E-state index in [9.17, 15) is 4.79 Å². The molecule has 1 aromatic rings. The Balaban J connectivity index is 1.91. The van der Waals surface area contributed by atoms with Gasteiger partial charge in [-0.3, -0.25) is 9.69 Å². The second-order valence-electron chi connectivity index (χ2n) is 4.73. The van der Waals surface area contributed by atoms with E-state index in [-0.39, 0.29) is 0 Å². The van der Waals surface area contributed by atoms with Crippen LogP contribution >= 0.6 is 11.3 Å². The Kier molecular flexibility index (Phi) is 4.75. The average molecular weight is 251 g/mol. The first kappa shape index (κ1) is 12.8. The number of hydrogen-bond donors (Lipinski definition) is 0. The van der Waals surface area contributed by atoms with E-state index in [1.54, 1.807) is 11.3 Å². The predicted molar refractivity (Wildman–Crippen MR) is 72.9 cm³/mol. The van der Waals surface area contributed by atoms with Gasteiger partial charge in [-0.2, -0.15) is 0 Å². The largest absolute Gasteiger partial charge is 0.296 e. The Morgan fingerprint density at radius 1 is 1.24 bits per heavy atom. The minimum Gasteiger partial charge on any atom is -0.296 e. The highest BCUT2D eigenvalue weighted by atomic mass is 32.1. The Morgan fingerprint density at radius 3 is 2.53 bits per heavy atom. The van der Waals surface area contributed by atoms with Crippen molar-refractivity contribution in [2.75, 3.05) is 19.6 Å². The summed E-state index contributed by atoms with van der Waals surface area (Å²) in [7, 11) is 0. The summed E-state index contributed by atoms with van der Waals surface area (Å²) in [5.41, 5.74) is 0. The Labute approximate surface area is 108 Å². The SMILES string of the molecule is CCc1ccc(C(=O)CN2CCCCCC2)s1. The number of thiophene rings is 1. The van der Waals surface area contributed by atoms with Crippen LogP contribution in [-0.2, 0) is 6.42 Å². The van der Waals surface area contributed by atoms with E-state index in [2.05, 4.69) is 17.9 Å². The van der Waals surface area contributed by atoms with Gasteiger partial charge in [0.25, 0.3) is 0 Å². The first-order valence-electron chi connectivity index (χ1n) is 6.64. The van der Waals surface area contributed by atoms with Crippen molar-refractivity contribution >= 4 is 17.1 Å². The van der Waals surface area contributed by atoms with Crippen molar-refractivity contribution in [3.05, 3.63) is 21.9 Å². The maximum absolute atomic E-state index is 12.1. The number of rotatable bonds is 4. The molecule has 94 valence electrons. The monoisotopic (exact) mass is 251 g/mol. The molecule has 0 saturated carbocycles. The molecule has 0 radical (unpaired) electrons. The number of aryl methyl sites for hydroxylation is 1. The van der Waals surface area contributed by atoms with E-state index in [0.29, 0.717) is 12.3 Å². The lowest BCUT2D eigenvalue weighted by molar-refractivity contribution is 0.0937. The maximum atomic E-state index is 12.1. The predicted octanol–water partition coefficient (Wildman–Crippen LogP) is 3.37. The highest BCUT2D eigenvalue weighted by molar-refractivity contribution is 7.14. The van der Waals surface area contributed by atoms with Crippen LogP contribution in [0.3, 0.4) is 0 Å². The molecule has 0 aromatic carbocycles. The second-order valence-corrected chi connectivity index (χ2v) is 5.90. The molecule has 1 saturated heterocycles. The zero-order valence-electron chi connectivity index (χ0n) is 10.6. The Hall–Kier alpha value is -0.670. The van der Waals surface area contributed by atoms with Gasteiger partial charge in [-0.25, -0.2) is 0 Å². The summed E-state index contributed by atoms with van der Waals surface area (Å²) in [6, 6.07) is 4.07. The standard InChI is InChI=1S/C14H21NOS/c1-2-12-7-8-14(17-12)13(16)11-15-9-5-3-4-6-10-15/h7-8H,2-6,9-11H2,1H3. The molecule has 0 aliphatic carbocycles. The average Bonchev–Trinajstić information content (AvgIpc) is 2.68. The van der Waals surface area contributed by atoms with Gasteiger partial charge < -0.3 is 0 Å². The molecule has 3 heteroatoms. The van der Waals surface area contributed by atoms with Crippen LogP contribution in [0.1, 0.15) is 47.2 Å². The van der Waals surface area contributed by atoms with E-state index >= 15 is 0 Å². The molecular weight excluding hydrogens is 230 g/mol. The van der Waals surface area contributed by atoms with E-state index in [4.69, 9.17) is 0 Å². The summed E-state index contributed by atoms with van der Waals surface area (Å²) in [6.45, 7) is 4.94. The molecule has 1 aromatic heterocycles. The molecular formula is C14H21NOS. The van der Waals surface area contributed by atoms with Crippen molar-refractivity contribution in [2.45, 2.75) is 39.0 Å². The number of Topliss-reactive ketones (excluding diaryl/α,β-unsaturated/α-hetero) is 1. The van der Waals surface area contributed by atoms with Crippen molar-refractivity contribution in [3.8, 4) is 0 Å². The fourth-order valence-corrected chi connectivity index (χ4v) is 3.17. The maximum Gasteiger partial charge on any atom is 0.186 e. The van der Waals surface area contributed by atoms with Gasteiger partial charge in [0.2, 0.25) is 0 Å². The molecule has 0 spiro atoms. The molecule has 0 bridgehead atoms. The summed E-state index contributed by atoms with van der Waals surface area (Å²) in [5.74, 6) is 0.302. The molecule has 2 rings (SSSR count). The van der Waals surface area contributed by atoms with E-state index in [0.717, 1.165) is 24.4 Å². The van der Waals surface area contributed by atoms with Crippen LogP contribution in [-0.4, -0.2) is 30.3 Å². The number of carbonyl (C=O) groups excluding carboxylic acids is 1. The van der Waals surface area contributed by atoms with Gasteiger partial charge in [0.15, 0.2) is 5.78 Å². The Morgan fingerprint density at radius 2 is 1.94 bits per heavy atom. The third-order valence-electron chi connectivity index (χ3n) is 3.35. The van der Waals surface area contributed by atoms with Crippen molar-refractivity contribution in [1.82, 2.24) is 4.90 Å². The van der Waals surface area contributed by atoms with Crippen LogP contribution in [0.2, 0.25) is 0 Å². The summed E-state index contributed by atoms with van der Waals surface area (Å²) in [6.07, 6.45) is 6.17. The van der Waals surface area contributed by atoms with Gasteiger partial charge in [-0.1, -0.05) is 19.8 Å². The van der Waals surface area contributed by atoms with Crippen LogP contribution in [0.25, 0.3) is 0 Å². The number of carbonyl (C=O) groups is 1. The molecule has 0 atom stereocenters. The molecule has 1 aliphatic rings. The number of hydrogen-bond acceptors (Lipinski definition) is 3. The lowest BCUT2D eigenvalue weighted by Gasteiger charge is -2.17. The van der Waals surface area contributed by atoms with Crippen molar-refractivity contribution < 1.29 is 4.79 Å². The fraction of sp³-hybridized carbons (Fsp3) is 0.643. The van der Waals surface area contributed by atoms with E-state index < -0.39 is 0 Å². The highest BCUT2D eigenvalue weighted by Crippen LogP contribution is 2.18. The third-order valence-corrected chi connectivity index (χ3v) is 4.62. The number of nitrogens with zero attached hydrogens (tertiary/aromatic N) is 1. The number of ketones is 1. The van der Waals surface area contributed by atoms with Gasteiger partial charge in [-0.15, -0.1) is 11.3 Å². The van der Waals surface area contributed by atoms with Crippen LogP contribution in [0.15, 0.2) is 12.1 Å². The van der Waals surface area contributed by atoms with Crippen molar-refractivity contribution in [3.63, 3.8) is 0 Å². The summed E-state index contributed by atoms with van der Waals surface area (Å²) in [5, 5.41) is 0.